The second kappa shape index (κ2) is 5.12. The van der Waals surface area contributed by atoms with Gasteiger partial charge in [-0.1, -0.05) is 26.8 Å². The maximum absolute atomic E-state index is 4.42. The van der Waals surface area contributed by atoms with Crippen LogP contribution in [0.15, 0.2) is 36.8 Å². The Morgan fingerprint density at radius 3 is 2.57 bits per heavy atom. The van der Waals surface area contributed by atoms with Gasteiger partial charge < -0.3 is 5.32 Å². The quantitative estimate of drug-likeness (QED) is 0.799. The molecule has 0 saturated carbocycles. The normalized spacial score (nSPS) is 11.8. The van der Waals surface area contributed by atoms with Crippen molar-refractivity contribution in [3.8, 4) is 0 Å². The largest absolute Gasteiger partial charge is 0.350 e. The Kier molecular flexibility index (Phi) is 3.29. The molecule has 0 aliphatic heterocycles. The van der Waals surface area contributed by atoms with Crippen LogP contribution in [0.25, 0.3) is 5.65 Å². The zero-order chi connectivity index (χ0) is 14.9. The van der Waals surface area contributed by atoms with Gasteiger partial charge in [0.15, 0.2) is 5.65 Å². The van der Waals surface area contributed by atoms with Crippen LogP contribution in [-0.2, 0) is 12.0 Å². The molecule has 6 heteroatoms. The summed E-state index contributed by atoms with van der Waals surface area (Å²) in [4.78, 5) is 8.84. The third kappa shape index (κ3) is 2.84. The number of nitrogens with zero attached hydrogens (tertiary/aromatic N) is 5. The monoisotopic (exact) mass is 282 g/mol. The van der Waals surface area contributed by atoms with Crippen LogP contribution >= 0.6 is 0 Å². The fourth-order valence-electron chi connectivity index (χ4n) is 1.98. The molecule has 0 aliphatic carbocycles. The lowest BCUT2D eigenvalue weighted by Gasteiger charge is -2.16. The first kappa shape index (κ1) is 13.5. The van der Waals surface area contributed by atoms with Crippen LogP contribution in [0.5, 0.6) is 0 Å². The molecule has 3 rings (SSSR count). The fraction of sp³-hybridized carbons (Fsp3) is 0.333. The van der Waals surface area contributed by atoms with Crippen molar-refractivity contribution in [3.05, 3.63) is 48.2 Å². The zero-order valence-electron chi connectivity index (χ0n) is 12.4. The minimum Gasteiger partial charge on any atom is -0.350 e. The molecule has 1 N–H and O–H groups in total. The molecule has 108 valence electrons. The molecule has 0 saturated heterocycles. The van der Waals surface area contributed by atoms with Crippen LogP contribution in [0.3, 0.4) is 0 Å². The number of hydrogen-bond donors (Lipinski definition) is 1. The van der Waals surface area contributed by atoms with Crippen molar-refractivity contribution in [2.24, 2.45) is 0 Å². The van der Waals surface area contributed by atoms with Gasteiger partial charge in [-0.3, -0.25) is 4.40 Å². The van der Waals surface area contributed by atoms with Gasteiger partial charge in [0.05, 0.1) is 0 Å². The number of nitrogens with one attached hydrogen (secondary N) is 1. The Morgan fingerprint density at radius 2 is 1.86 bits per heavy atom. The molecule has 0 aliphatic rings. The maximum atomic E-state index is 4.42. The molecule has 0 radical (unpaired) electrons. The van der Waals surface area contributed by atoms with Gasteiger partial charge in [-0.2, -0.15) is 0 Å². The summed E-state index contributed by atoms with van der Waals surface area (Å²) in [6.07, 6.45) is 5.63. The average Bonchev–Trinajstić information content (AvgIpc) is 2.88. The lowest BCUT2D eigenvalue weighted by Crippen LogP contribution is -2.16. The number of aromatic nitrogens is 5. The van der Waals surface area contributed by atoms with E-state index in [1.165, 1.54) is 0 Å². The van der Waals surface area contributed by atoms with Crippen LogP contribution < -0.4 is 5.32 Å². The predicted molar refractivity (Wildman–Crippen MR) is 81.0 cm³/mol. The topological polar surface area (TPSA) is 68.0 Å². The Bertz CT molecular complexity index is 739. The van der Waals surface area contributed by atoms with Crippen LogP contribution in [0, 0.1) is 0 Å². The SMILES string of the molecule is CC(C)(C)c1ncc(CNc2nnc3ccccn23)cn1. The molecule has 3 aromatic heterocycles. The third-order valence-corrected chi connectivity index (χ3v) is 3.14. The van der Waals surface area contributed by atoms with Crippen molar-refractivity contribution < 1.29 is 0 Å². The van der Waals surface area contributed by atoms with E-state index in [-0.39, 0.29) is 5.41 Å². The standard InChI is InChI=1S/C15H18N6/c1-15(2,3)13-16-8-11(9-17-13)10-18-14-20-19-12-6-4-5-7-21(12)14/h4-9H,10H2,1-3H3,(H,18,20). The van der Waals surface area contributed by atoms with Crippen LogP contribution in [0.4, 0.5) is 5.95 Å². The highest BCUT2D eigenvalue weighted by Gasteiger charge is 2.16. The number of hydrogen-bond acceptors (Lipinski definition) is 5. The predicted octanol–water partition coefficient (Wildman–Crippen LogP) is 2.43. The number of pyridine rings is 1. The summed E-state index contributed by atoms with van der Waals surface area (Å²) in [6, 6.07) is 5.80. The Morgan fingerprint density at radius 1 is 1.10 bits per heavy atom. The van der Waals surface area contributed by atoms with E-state index in [2.05, 4.69) is 46.3 Å². The van der Waals surface area contributed by atoms with Crippen molar-refractivity contribution in [2.75, 3.05) is 5.32 Å². The minimum atomic E-state index is -0.0326. The first-order valence-electron chi connectivity index (χ1n) is 6.89. The Balaban J connectivity index is 1.73. The summed E-state index contributed by atoms with van der Waals surface area (Å²) in [6.45, 7) is 6.91. The number of fused-ring (bicyclic) bond motifs is 1. The lowest BCUT2D eigenvalue weighted by molar-refractivity contribution is 0.544. The summed E-state index contributed by atoms with van der Waals surface area (Å²) in [5.74, 6) is 1.56. The molecular formula is C15H18N6. The number of rotatable bonds is 3. The molecule has 3 aromatic rings. The van der Waals surface area contributed by atoms with E-state index in [0.717, 1.165) is 17.0 Å². The van der Waals surface area contributed by atoms with Crippen molar-refractivity contribution in [2.45, 2.75) is 32.7 Å². The summed E-state index contributed by atoms with van der Waals surface area (Å²) < 4.78 is 1.91. The fourth-order valence-corrected chi connectivity index (χ4v) is 1.98. The maximum Gasteiger partial charge on any atom is 0.229 e. The smallest absolute Gasteiger partial charge is 0.229 e. The molecule has 0 bridgehead atoms. The van der Waals surface area contributed by atoms with E-state index in [1.807, 2.05) is 41.2 Å². The van der Waals surface area contributed by atoms with Gasteiger partial charge in [-0.05, 0) is 12.1 Å². The van der Waals surface area contributed by atoms with Crippen molar-refractivity contribution in [1.82, 2.24) is 24.6 Å². The van der Waals surface area contributed by atoms with Crippen molar-refractivity contribution in [1.29, 1.82) is 0 Å². The van der Waals surface area contributed by atoms with Crippen molar-refractivity contribution >= 4 is 11.6 Å². The third-order valence-electron chi connectivity index (χ3n) is 3.14. The molecule has 6 nitrogen and oxygen atoms in total. The zero-order valence-corrected chi connectivity index (χ0v) is 12.4. The van der Waals surface area contributed by atoms with Gasteiger partial charge in [-0.15, -0.1) is 10.2 Å². The van der Waals surface area contributed by atoms with Crippen molar-refractivity contribution in [3.63, 3.8) is 0 Å². The summed E-state index contributed by atoms with van der Waals surface area (Å²) in [5.41, 5.74) is 1.80. The van der Waals surface area contributed by atoms with Crippen LogP contribution in [0.1, 0.15) is 32.2 Å². The first-order chi connectivity index (χ1) is 10.0. The van der Waals surface area contributed by atoms with E-state index >= 15 is 0 Å². The van der Waals surface area contributed by atoms with E-state index in [4.69, 9.17) is 0 Å². The summed E-state index contributed by atoms with van der Waals surface area (Å²) >= 11 is 0. The first-order valence-corrected chi connectivity index (χ1v) is 6.89. The summed E-state index contributed by atoms with van der Waals surface area (Å²) in [7, 11) is 0. The molecule has 0 spiro atoms. The highest BCUT2D eigenvalue weighted by molar-refractivity contribution is 5.44. The van der Waals surface area contributed by atoms with E-state index < -0.39 is 0 Å². The van der Waals surface area contributed by atoms with E-state index in [1.54, 1.807) is 0 Å². The van der Waals surface area contributed by atoms with Gasteiger partial charge in [0.2, 0.25) is 5.95 Å². The lowest BCUT2D eigenvalue weighted by atomic mass is 9.96. The highest BCUT2D eigenvalue weighted by atomic mass is 15.3. The molecule has 21 heavy (non-hydrogen) atoms. The Labute approximate surface area is 123 Å². The molecule has 0 fully saturated rings. The Hall–Kier alpha value is -2.50. The molecular weight excluding hydrogens is 264 g/mol. The number of anilines is 1. The van der Waals surface area contributed by atoms with E-state index in [0.29, 0.717) is 12.5 Å². The highest BCUT2D eigenvalue weighted by Crippen LogP contribution is 2.17. The molecule has 0 unspecified atom stereocenters. The summed E-state index contributed by atoms with van der Waals surface area (Å²) in [5, 5.41) is 11.5. The van der Waals surface area contributed by atoms with Gasteiger partial charge in [0.1, 0.15) is 5.82 Å². The van der Waals surface area contributed by atoms with Crippen LogP contribution in [0.2, 0.25) is 0 Å². The second-order valence-electron chi connectivity index (χ2n) is 5.97. The minimum absolute atomic E-state index is 0.0326. The molecule has 0 amide bonds. The molecule has 0 atom stereocenters. The molecule has 0 aromatic carbocycles. The van der Waals surface area contributed by atoms with E-state index in [9.17, 15) is 0 Å². The van der Waals surface area contributed by atoms with Gasteiger partial charge in [-0.25, -0.2) is 9.97 Å². The van der Waals surface area contributed by atoms with Gasteiger partial charge in [0.25, 0.3) is 0 Å². The van der Waals surface area contributed by atoms with Gasteiger partial charge in [0, 0.05) is 36.1 Å². The molecule has 3 heterocycles. The second-order valence-corrected chi connectivity index (χ2v) is 5.97. The average molecular weight is 282 g/mol. The van der Waals surface area contributed by atoms with Gasteiger partial charge >= 0.3 is 0 Å². The van der Waals surface area contributed by atoms with Crippen LogP contribution in [-0.4, -0.2) is 24.6 Å².